The third kappa shape index (κ3) is 3.17. The van der Waals surface area contributed by atoms with E-state index in [0.717, 1.165) is 17.5 Å². The summed E-state index contributed by atoms with van der Waals surface area (Å²) >= 11 is 11.9. The van der Waals surface area contributed by atoms with Gasteiger partial charge in [-0.2, -0.15) is 11.1 Å². The quantitative estimate of drug-likeness (QED) is 0.535. The van der Waals surface area contributed by atoms with Gasteiger partial charge in [0.1, 0.15) is 0 Å². The largest absolute Gasteiger partial charge is 0.169 e. The van der Waals surface area contributed by atoms with Crippen LogP contribution in [0.4, 0.5) is 0 Å². The minimum absolute atomic E-state index is 0.635. The van der Waals surface area contributed by atoms with Gasteiger partial charge < -0.3 is 0 Å². The molecule has 1 radical (unpaired) electrons. The molecular formula is C9H11Cl2Si. The van der Waals surface area contributed by atoms with E-state index < -0.39 is 8.11 Å². The molecular weight excluding hydrogens is 207 g/mol. The maximum atomic E-state index is 5.98. The van der Waals surface area contributed by atoms with E-state index in [9.17, 15) is 0 Å². The summed E-state index contributed by atoms with van der Waals surface area (Å²) in [5.74, 6) is 0. The van der Waals surface area contributed by atoms with Crippen LogP contribution in [0.1, 0.15) is 5.56 Å². The Kier molecular flexibility index (Phi) is 4.13. The predicted octanol–water partition coefficient (Wildman–Crippen LogP) is 3.74. The smallest absolute Gasteiger partial charge is 0.162 e. The molecule has 0 aliphatic rings. The van der Waals surface area contributed by atoms with E-state index in [1.165, 1.54) is 5.56 Å². The zero-order valence-corrected chi connectivity index (χ0v) is 9.49. The molecule has 0 unspecified atom stereocenters. The van der Waals surface area contributed by atoms with Crippen LogP contribution in [0.3, 0.4) is 0 Å². The minimum Gasteiger partial charge on any atom is -0.169 e. The van der Waals surface area contributed by atoms with Gasteiger partial charge in [0, 0.05) is 5.02 Å². The van der Waals surface area contributed by atoms with Crippen LogP contribution in [0.2, 0.25) is 17.6 Å². The number of hydrogen-bond donors (Lipinski definition) is 0. The van der Waals surface area contributed by atoms with Crippen LogP contribution in [-0.4, -0.2) is 8.11 Å². The fourth-order valence-corrected chi connectivity index (χ4v) is 2.14. The Hall–Kier alpha value is 0.0169. The second kappa shape index (κ2) is 4.90. The van der Waals surface area contributed by atoms with Crippen molar-refractivity contribution in [2.45, 2.75) is 19.0 Å². The van der Waals surface area contributed by atoms with Gasteiger partial charge in [0.25, 0.3) is 0 Å². The summed E-state index contributed by atoms with van der Waals surface area (Å²) in [6.45, 7) is 2.10. The fraction of sp³-hybridized carbons (Fsp3) is 0.333. The first-order valence-electron chi connectivity index (χ1n) is 3.91. The number of aryl methyl sites for hydroxylation is 1. The van der Waals surface area contributed by atoms with Crippen molar-refractivity contribution in [3.05, 3.63) is 34.9 Å². The van der Waals surface area contributed by atoms with Crippen molar-refractivity contribution in [3.8, 4) is 0 Å². The lowest BCUT2D eigenvalue weighted by atomic mass is 10.2. The molecule has 0 saturated carbocycles. The van der Waals surface area contributed by atoms with Crippen molar-refractivity contribution in [1.29, 1.82) is 0 Å². The van der Waals surface area contributed by atoms with Gasteiger partial charge in [0.15, 0.2) is 8.11 Å². The van der Waals surface area contributed by atoms with E-state index in [4.69, 9.17) is 22.7 Å². The number of hydrogen-bond acceptors (Lipinski definition) is 0. The normalized spacial score (nSPS) is 10.7. The molecule has 0 spiro atoms. The van der Waals surface area contributed by atoms with Gasteiger partial charge in [-0.3, -0.25) is 0 Å². The topological polar surface area (TPSA) is 0 Å². The van der Waals surface area contributed by atoms with E-state index in [0.29, 0.717) is 0 Å². The van der Waals surface area contributed by atoms with Crippen LogP contribution in [0, 0.1) is 0 Å². The predicted molar refractivity (Wildman–Crippen MR) is 57.4 cm³/mol. The van der Waals surface area contributed by atoms with Gasteiger partial charge in [-0.05, 0) is 24.1 Å². The SMILES string of the molecule is C[Si](Cl)CCc1ccccc1Cl. The molecule has 0 aromatic heterocycles. The van der Waals surface area contributed by atoms with E-state index in [-0.39, 0.29) is 0 Å². The summed E-state index contributed by atoms with van der Waals surface area (Å²) < 4.78 is 0. The Morgan fingerprint density at radius 1 is 1.33 bits per heavy atom. The van der Waals surface area contributed by atoms with Crippen LogP contribution in [0.25, 0.3) is 0 Å². The molecule has 1 rings (SSSR count). The fourth-order valence-electron chi connectivity index (χ4n) is 1.01. The Morgan fingerprint density at radius 3 is 2.58 bits per heavy atom. The van der Waals surface area contributed by atoms with Crippen molar-refractivity contribution < 1.29 is 0 Å². The molecule has 3 heteroatoms. The van der Waals surface area contributed by atoms with Crippen LogP contribution in [-0.2, 0) is 6.42 Å². The van der Waals surface area contributed by atoms with Crippen LogP contribution in [0.15, 0.2) is 24.3 Å². The average molecular weight is 218 g/mol. The molecule has 0 atom stereocenters. The van der Waals surface area contributed by atoms with Crippen molar-refractivity contribution in [1.82, 2.24) is 0 Å². The first kappa shape index (κ1) is 10.1. The van der Waals surface area contributed by atoms with E-state index in [1.807, 2.05) is 18.2 Å². The molecule has 0 aliphatic heterocycles. The minimum atomic E-state index is -0.635. The first-order chi connectivity index (χ1) is 5.70. The lowest BCUT2D eigenvalue weighted by Gasteiger charge is -2.03. The maximum absolute atomic E-state index is 5.98. The highest BCUT2D eigenvalue weighted by molar-refractivity contribution is 7.06. The van der Waals surface area contributed by atoms with Gasteiger partial charge in [-0.1, -0.05) is 36.3 Å². The summed E-state index contributed by atoms with van der Waals surface area (Å²) in [6, 6.07) is 9.02. The zero-order valence-electron chi connectivity index (χ0n) is 6.98. The lowest BCUT2D eigenvalue weighted by Crippen LogP contribution is -1.98. The van der Waals surface area contributed by atoms with Gasteiger partial charge in [-0.25, -0.2) is 0 Å². The maximum Gasteiger partial charge on any atom is 0.162 e. The summed E-state index contributed by atoms with van der Waals surface area (Å²) in [4.78, 5) is 0. The highest BCUT2D eigenvalue weighted by atomic mass is 35.6. The lowest BCUT2D eigenvalue weighted by molar-refractivity contribution is 1.12. The van der Waals surface area contributed by atoms with Crippen LogP contribution < -0.4 is 0 Å². The zero-order chi connectivity index (χ0) is 8.97. The van der Waals surface area contributed by atoms with Gasteiger partial charge in [-0.15, -0.1) is 0 Å². The standard InChI is InChI=1S/C9H11Cl2Si/c1-12(11)7-6-8-4-2-3-5-9(8)10/h2-5H,6-7H2,1H3. The van der Waals surface area contributed by atoms with E-state index in [2.05, 4.69) is 12.6 Å². The van der Waals surface area contributed by atoms with Gasteiger partial charge >= 0.3 is 0 Å². The summed E-state index contributed by atoms with van der Waals surface area (Å²) in [5.41, 5.74) is 1.21. The second-order valence-electron chi connectivity index (χ2n) is 2.77. The molecule has 0 amide bonds. The van der Waals surface area contributed by atoms with E-state index >= 15 is 0 Å². The molecule has 1 aromatic carbocycles. The molecule has 65 valence electrons. The summed E-state index contributed by atoms with van der Waals surface area (Å²) in [6.07, 6.45) is 1.01. The third-order valence-corrected chi connectivity index (χ3v) is 3.57. The molecule has 0 fully saturated rings. The highest BCUT2D eigenvalue weighted by Gasteiger charge is 2.02. The highest BCUT2D eigenvalue weighted by Crippen LogP contribution is 2.17. The monoisotopic (exact) mass is 217 g/mol. The molecule has 0 bridgehead atoms. The summed E-state index contributed by atoms with van der Waals surface area (Å²) in [5, 5.41) is 0.859. The molecule has 12 heavy (non-hydrogen) atoms. The van der Waals surface area contributed by atoms with E-state index in [1.54, 1.807) is 0 Å². The van der Waals surface area contributed by atoms with Gasteiger partial charge in [0.2, 0.25) is 0 Å². The molecule has 0 heterocycles. The Balaban J connectivity index is 2.57. The Bertz CT molecular complexity index is 248. The Labute approximate surface area is 84.8 Å². The van der Waals surface area contributed by atoms with Crippen molar-refractivity contribution >= 4 is 30.8 Å². The third-order valence-electron chi connectivity index (χ3n) is 1.70. The second-order valence-corrected chi connectivity index (χ2v) is 6.96. The first-order valence-corrected chi connectivity index (χ1v) is 7.51. The Morgan fingerprint density at radius 2 is 2.00 bits per heavy atom. The van der Waals surface area contributed by atoms with Crippen molar-refractivity contribution in [3.63, 3.8) is 0 Å². The summed E-state index contributed by atoms with van der Waals surface area (Å²) in [7, 11) is -0.635. The molecule has 1 aromatic rings. The molecule has 0 saturated heterocycles. The molecule has 0 aliphatic carbocycles. The van der Waals surface area contributed by atoms with Gasteiger partial charge in [0.05, 0.1) is 0 Å². The average Bonchev–Trinajstić information content (AvgIpc) is 2.03. The molecule has 0 nitrogen and oxygen atoms in total. The molecule has 0 N–H and O–H groups in total. The van der Waals surface area contributed by atoms with Crippen LogP contribution >= 0.6 is 22.7 Å². The van der Waals surface area contributed by atoms with Crippen LogP contribution in [0.5, 0.6) is 0 Å². The number of rotatable bonds is 3. The van der Waals surface area contributed by atoms with Crippen molar-refractivity contribution in [2.75, 3.05) is 0 Å². The number of benzene rings is 1. The van der Waals surface area contributed by atoms with Crippen molar-refractivity contribution in [2.24, 2.45) is 0 Å². The number of halogens is 2.